The van der Waals surface area contributed by atoms with E-state index in [0.717, 1.165) is 23.3 Å². The Morgan fingerprint density at radius 1 is 1.04 bits per heavy atom. The van der Waals surface area contributed by atoms with Crippen molar-refractivity contribution in [3.05, 3.63) is 59.2 Å². The molecule has 0 spiro atoms. The first kappa shape index (κ1) is 18.6. The Balaban J connectivity index is 2.04. The lowest BCUT2D eigenvalue weighted by atomic mass is 10.1. The minimum absolute atomic E-state index is 0.0336. The van der Waals surface area contributed by atoms with Crippen molar-refractivity contribution in [2.24, 2.45) is 0 Å². The van der Waals surface area contributed by atoms with Crippen molar-refractivity contribution in [1.29, 1.82) is 0 Å². The van der Waals surface area contributed by atoms with Crippen LogP contribution in [-0.4, -0.2) is 18.4 Å². The molecule has 132 valence electrons. The van der Waals surface area contributed by atoms with Crippen LogP contribution in [0.3, 0.4) is 0 Å². The molecule has 0 aliphatic carbocycles. The quantitative estimate of drug-likeness (QED) is 0.891. The van der Waals surface area contributed by atoms with Crippen molar-refractivity contribution >= 4 is 23.2 Å². The number of hydrogen-bond acceptors (Lipinski definition) is 2. The van der Waals surface area contributed by atoms with Crippen LogP contribution in [0.4, 0.5) is 20.2 Å². The molecular weight excluding hydrogens is 326 g/mol. The van der Waals surface area contributed by atoms with E-state index in [9.17, 15) is 18.4 Å². The van der Waals surface area contributed by atoms with Gasteiger partial charge in [-0.2, -0.15) is 0 Å². The highest BCUT2D eigenvalue weighted by molar-refractivity contribution is 5.95. The Labute approximate surface area is 145 Å². The van der Waals surface area contributed by atoms with Gasteiger partial charge in [-0.25, -0.2) is 8.78 Å². The first-order chi connectivity index (χ1) is 11.8. The number of hydrogen-bond donors (Lipinski definition) is 1. The van der Waals surface area contributed by atoms with Gasteiger partial charge in [-0.15, -0.1) is 0 Å². The Bertz CT molecular complexity index is 806. The largest absolute Gasteiger partial charge is 0.326 e. The number of benzene rings is 2. The van der Waals surface area contributed by atoms with Crippen molar-refractivity contribution in [2.75, 3.05) is 16.8 Å². The predicted molar refractivity (Wildman–Crippen MR) is 93.5 cm³/mol. The molecule has 0 saturated carbocycles. The van der Waals surface area contributed by atoms with E-state index in [2.05, 4.69) is 5.32 Å². The second-order valence-corrected chi connectivity index (χ2v) is 5.89. The van der Waals surface area contributed by atoms with Crippen LogP contribution in [0.15, 0.2) is 36.4 Å². The van der Waals surface area contributed by atoms with Gasteiger partial charge < -0.3 is 10.2 Å². The number of anilines is 2. The van der Waals surface area contributed by atoms with Crippen LogP contribution in [0, 0.1) is 25.5 Å². The number of carbonyl (C=O) groups is 2. The fourth-order valence-electron chi connectivity index (χ4n) is 2.50. The molecule has 2 amide bonds. The van der Waals surface area contributed by atoms with Gasteiger partial charge in [-0.1, -0.05) is 17.7 Å². The third-order valence-corrected chi connectivity index (χ3v) is 3.81. The molecule has 2 rings (SSSR count). The number of nitrogens with one attached hydrogen (secondary N) is 1. The molecule has 0 bridgehead atoms. The second-order valence-electron chi connectivity index (χ2n) is 5.89. The van der Waals surface area contributed by atoms with Crippen molar-refractivity contribution in [3.8, 4) is 0 Å². The molecule has 0 unspecified atom stereocenters. The molecule has 2 aromatic carbocycles. The molecule has 0 aliphatic rings. The van der Waals surface area contributed by atoms with E-state index in [1.165, 1.54) is 17.9 Å². The van der Waals surface area contributed by atoms with E-state index < -0.39 is 11.6 Å². The average Bonchev–Trinajstić information content (AvgIpc) is 2.53. The summed E-state index contributed by atoms with van der Waals surface area (Å²) in [7, 11) is 0. The highest BCUT2D eigenvalue weighted by Crippen LogP contribution is 2.19. The van der Waals surface area contributed by atoms with Gasteiger partial charge in [0.05, 0.1) is 0 Å². The van der Waals surface area contributed by atoms with E-state index in [1.807, 2.05) is 32.0 Å². The Hall–Kier alpha value is -2.76. The van der Waals surface area contributed by atoms with Crippen molar-refractivity contribution in [2.45, 2.75) is 27.2 Å². The molecule has 0 aliphatic heterocycles. The van der Waals surface area contributed by atoms with Gasteiger partial charge in [0.25, 0.3) is 0 Å². The maximum atomic E-state index is 13.4. The molecule has 25 heavy (non-hydrogen) atoms. The molecule has 0 radical (unpaired) electrons. The van der Waals surface area contributed by atoms with Crippen LogP contribution >= 0.6 is 0 Å². The number of carbonyl (C=O) groups excluding carboxylic acids is 2. The zero-order valence-electron chi connectivity index (χ0n) is 14.4. The van der Waals surface area contributed by atoms with E-state index in [4.69, 9.17) is 0 Å². The van der Waals surface area contributed by atoms with Crippen LogP contribution in [0.2, 0.25) is 0 Å². The molecule has 4 nitrogen and oxygen atoms in total. The fourth-order valence-corrected chi connectivity index (χ4v) is 2.50. The summed E-state index contributed by atoms with van der Waals surface area (Å²) in [5.74, 6) is -2.64. The zero-order valence-corrected chi connectivity index (χ0v) is 14.4. The summed E-state index contributed by atoms with van der Waals surface area (Å²) in [5.41, 5.74) is 2.96. The SMILES string of the molecule is CC(=O)N(CCC(=O)Nc1ccc(C)cc1C)c1ccc(F)c(F)c1. The number of rotatable bonds is 5. The zero-order chi connectivity index (χ0) is 18.6. The molecule has 6 heteroatoms. The van der Waals surface area contributed by atoms with Crippen LogP contribution in [0.25, 0.3) is 0 Å². The van der Waals surface area contributed by atoms with Gasteiger partial charge in [-0.05, 0) is 37.6 Å². The third-order valence-electron chi connectivity index (χ3n) is 3.81. The number of nitrogens with zero attached hydrogens (tertiary/aromatic N) is 1. The van der Waals surface area contributed by atoms with Crippen LogP contribution in [-0.2, 0) is 9.59 Å². The van der Waals surface area contributed by atoms with Crippen molar-refractivity contribution in [3.63, 3.8) is 0 Å². The molecule has 0 fully saturated rings. The van der Waals surface area contributed by atoms with E-state index in [1.54, 1.807) is 0 Å². The maximum absolute atomic E-state index is 13.4. The lowest BCUT2D eigenvalue weighted by molar-refractivity contribution is -0.117. The van der Waals surface area contributed by atoms with Gasteiger partial charge >= 0.3 is 0 Å². The number of amides is 2. The molecule has 0 heterocycles. The molecular formula is C19H20F2N2O2. The van der Waals surface area contributed by atoms with Gasteiger partial charge in [0.1, 0.15) is 0 Å². The Kier molecular flexibility index (Phi) is 5.85. The van der Waals surface area contributed by atoms with Crippen LogP contribution in [0.1, 0.15) is 24.5 Å². The number of aryl methyl sites for hydroxylation is 2. The predicted octanol–water partition coefficient (Wildman–Crippen LogP) is 3.96. The summed E-state index contributed by atoms with van der Waals surface area (Å²) in [6.07, 6.45) is 0.0336. The van der Waals surface area contributed by atoms with E-state index in [0.29, 0.717) is 5.69 Å². The highest BCUT2D eigenvalue weighted by atomic mass is 19.2. The minimum atomic E-state index is -1.04. The van der Waals surface area contributed by atoms with Gasteiger partial charge in [0.15, 0.2) is 11.6 Å². The van der Waals surface area contributed by atoms with Gasteiger partial charge in [0.2, 0.25) is 11.8 Å². The minimum Gasteiger partial charge on any atom is -0.326 e. The van der Waals surface area contributed by atoms with Crippen molar-refractivity contribution < 1.29 is 18.4 Å². The topological polar surface area (TPSA) is 49.4 Å². The van der Waals surface area contributed by atoms with E-state index >= 15 is 0 Å². The lowest BCUT2D eigenvalue weighted by Gasteiger charge is -2.21. The number of halogens is 2. The first-order valence-corrected chi connectivity index (χ1v) is 7.88. The Morgan fingerprint density at radius 2 is 1.76 bits per heavy atom. The molecule has 0 atom stereocenters. The summed E-state index contributed by atoms with van der Waals surface area (Å²) in [6, 6.07) is 8.88. The standard InChI is InChI=1S/C19H20F2N2O2/c1-12-4-7-18(13(2)10-12)22-19(25)8-9-23(14(3)24)15-5-6-16(20)17(21)11-15/h4-7,10-11H,8-9H2,1-3H3,(H,22,25). The molecule has 0 aromatic heterocycles. The van der Waals surface area contributed by atoms with Crippen LogP contribution in [0.5, 0.6) is 0 Å². The normalized spacial score (nSPS) is 10.4. The monoisotopic (exact) mass is 346 g/mol. The average molecular weight is 346 g/mol. The maximum Gasteiger partial charge on any atom is 0.226 e. The van der Waals surface area contributed by atoms with Gasteiger partial charge in [0, 0.05) is 37.3 Å². The third kappa shape index (κ3) is 4.86. The summed E-state index contributed by atoms with van der Waals surface area (Å²) in [6.45, 7) is 5.23. The fraction of sp³-hybridized carbons (Fsp3) is 0.263. The van der Waals surface area contributed by atoms with Crippen LogP contribution < -0.4 is 10.2 Å². The second kappa shape index (κ2) is 7.88. The van der Waals surface area contributed by atoms with Crippen molar-refractivity contribution in [1.82, 2.24) is 0 Å². The summed E-state index contributed by atoms with van der Waals surface area (Å²) < 4.78 is 26.4. The lowest BCUT2D eigenvalue weighted by Crippen LogP contribution is -2.32. The summed E-state index contributed by atoms with van der Waals surface area (Å²) >= 11 is 0. The molecule has 1 N–H and O–H groups in total. The van der Waals surface area contributed by atoms with E-state index in [-0.39, 0.29) is 30.5 Å². The summed E-state index contributed by atoms with van der Waals surface area (Å²) in [4.78, 5) is 25.2. The molecule has 2 aromatic rings. The highest BCUT2D eigenvalue weighted by Gasteiger charge is 2.16. The molecule has 0 saturated heterocycles. The Morgan fingerprint density at radius 3 is 2.36 bits per heavy atom. The van der Waals surface area contributed by atoms with Gasteiger partial charge in [-0.3, -0.25) is 9.59 Å². The summed E-state index contributed by atoms with van der Waals surface area (Å²) in [5, 5.41) is 2.79. The first-order valence-electron chi connectivity index (χ1n) is 7.88. The smallest absolute Gasteiger partial charge is 0.226 e.